The summed E-state index contributed by atoms with van der Waals surface area (Å²) < 4.78 is 21.9. The third-order valence-corrected chi connectivity index (χ3v) is 6.01. The Balaban J connectivity index is 1.67. The number of hydrogen-bond donors (Lipinski definition) is 7. The molecule has 40 heavy (non-hydrogen) atoms. The Morgan fingerprint density at radius 1 is 0.875 bits per heavy atom. The second kappa shape index (κ2) is 14.0. The van der Waals surface area contributed by atoms with Crippen molar-refractivity contribution in [2.75, 3.05) is 19.8 Å². The van der Waals surface area contributed by atoms with Crippen molar-refractivity contribution in [1.82, 2.24) is 0 Å². The predicted octanol–water partition coefficient (Wildman–Crippen LogP) is 0.151. The molecule has 1 fully saturated rings. The zero-order valence-electron chi connectivity index (χ0n) is 21.5. The van der Waals surface area contributed by atoms with Crippen molar-refractivity contribution in [2.24, 2.45) is 0 Å². The maximum absolute atomic E-state index is 12.6. The van der Waals surface area contributed by atoms with E-state index < -0.39 is 60.8 Å². The summed E-state index contributed by atoms with van der Waals surface area (Å²) in [5.74, 6) is -3.18. The van der Waals surface area contributed by atoms with E-state index in [9.17, 15) is 40.2 Å². The lowest BCUT2D eigenvalue weighted by atomic mass is 9.99. The van der Waals surface area contributed by atoms with Gasteiger partial charge in [0.25, 0.3) is 0 Å². The fraction of sp³-hybridized carbons (Fsp3) is 0.407. The van der Waals surface area contributed by atoms with Gasteiger partial charge in [-0.25, -0.2) is 0 Å². The van der Waals surface area contributed by atoms with Crippen LogP contribution >= 0.6 is 0 Å². The summed E-state index contributed by atoms with van der Waals surface area (Å²) in [5, 5.41) is 68.6. The van der Waals surface area contributed by atoms with Crippen LogP contribution in [0.3, 0.4) is 0 Å². The Morgan fingerprint density at radius 3 is 2.00 bits per heavy atom. The van der Waals surface area contributed by atoms with Gasteiger partial charge in [-0.05, 0) is 47.9 Å². The van der Waals surface area contributed by atoms with Crippen molar-refractivity contribution >= 4 is 11.9 Å². The molecule has 1 heterocycles. The molecule has 0 aromatic heterocycles. The van der Waals surface area contributed by atoms with Crippen LogP contribution in [0.5, 0.6) is 23.0 Å². The van der Waals surface area contributed by atoms with Gasteiger partial charge < -0.3 is 54.7 Å². The molecule has 0 bridgehead atoms. The lowest BCUT2D eigenvalue weighted by Crippen LogP contribution is -2.60. The highest BCUT2D eigenvalue weighted by Crippen LogP contribution is 2.28. The van der Waals surface area contributed by atoms with Crippen molar-refractivity contribution in [3.63, 3.8) is 0 Å². The highest BCUT2D eigenvalue weighted by Gasteiger charge is 2.47. The Kier molecular flexibility index (Phi) is 10.7. The van der Waals surface area contributed by atoms with E-state index in [1.165, 1.54) is 42.5 Å². The molecule has 5 atom stereocenters. The Bertz CT molecular complexity index is 1210. The fourth-order valence-electron chi connectivity index (χ4n) is 3.84. The largest absolute Gasteiger partial charge is 0.504 e. The van der Waals surface area contributed by atoms with Gasteiger partial charge in [0.05, 0.1) is 26.1 Å². The van der Waals surface area contributed by atoms with E-state index in [0.29, 0.717) is 16.7 Å². The number of aliphatic hydroxyl groups excluding tert-OH is 3. The summed E-state index contributed by atoms with van der Waals surface area (Å²) in [5.41, 5.74) is 1.25. The summed E-state index contributed by atoms with van der Waals surface area (Å²) in [6.45, 7) is 0.811. The Hall–Kier alpha value is -3.88. The number of carbonyl (C=O) groups is 2. The van der Waals surface area contributed by atoms with Crippen LogP contribution in [0.2, 0.25) is 0 Å². The van der Waals surface area contributed by atoms with Crippen molar-refractivity contribution in [3.8, 4) is 23.0 Å². The van der Waals surface area contributed by atoms with Crippen LogP contribution in [0.25, 0.3) is 0 Å². The maximum atomic E-state index is 12.6. The Labute approximate surface area is 229 Å². The van der Waals surface area contributed by atoms with Crippen LogP contribution in [0.4, 0.5) is 0 Å². The van der Waals surface area contributed by atoms with Gasteiger partial charge in [-0.1, -0.05) is 18.2 Å². The van der Waals surface area contributed by atoms with E-state index in [1.807, 2.05) is 0 Å². The minimum absolute atomic E-state index is 0.0925. The number of aliphatic hydroxyl groups is 3. The molecule has 3 rings (SSSR count). The molecule has 13 nitrogen and oxygen atoms in total. The minimum atomic E-state index is -1.71. The van der Waals surface area contributed by atoms with Gasteiger partial charge in [0, 0.05) is 0 Å². The van der Waals surface area contributed by atoms with Crippen molar-refractivity contribution in [2.45, 2.75) is 50.5 Å². The molecule has 1 saturated heterocycles. The van der Waals surface area contributed by atoms with E-state index >= 15 is 0 Å². The number of ether oxygens (including phenoxy) is 4. The van der Waals surface area contributed by atoms with Crippen LogP contribution in [-0.4, -0.2) is 98.2 Å². The number of esters is 2. The zero-order chi connectivity index (χ0) is 29.4. The lowest BCUT2D eigenvalue weighted by molar-refractivity contribution is -0.302. The number of benzene rings is 2. The number of rotatable bonds is 11. The van der Waals surface area contributed by atoms with Crippen LogP contribution < -0.4 is 0 Å². The molecule has 0 unspecified atom stereocenters. The van der Waals surface area contributed by atoms with E-state index in [1.54, 1.807) is 6.92 Å². The number of aromatic hydroxyl groups is 4. The molecule has 13 heteroatoms. The van der Waals surface area contributed by atoms with Gasteiger partial charge in [-0.2, -0.15) is 0 Å². The second-order valence-corrected chi connectivity index (χ2v) is 9.21. The molecule has 7 N–H and O–H groups in total. The number of phenolic OH excluding ortho intramolecular Hbond substituents is 4. The quantitative estimate of drug-likeness (QED) is 0.110. The van der Waals surface area contributed by atoms with Gasteiger partial charge in [-0.3, -0.25) is 9.59 Å². The average Bonchev–Trinajstić information content (AvgIpc) is 2.90. The molecule has 1 aliphatic rings. The first-order chi connectivity index (χ1) is 19.0. The van der Waals surface area contributed by atoms with Crippen LogP contribution in [-0.2, 0) is 41.4 Å². The van der Waals surface area contributed by atoms with Crippen molar-refractivity contribution < 1.29 is 64.3 Å². The van der Waals surface area contributed by atoms with Crippen LogP contribution in [0.15, 0.2) is 48.0 Å². The van der Waals surface area contributed by atoms with E-state index in [4.69, 9.17) is 24.1 Å². The summed E-state index contributed by atoms with van der Waals surface area (Å²) in [7, 11) is 0. The third kappa shape index (κ3) is 8.31. The summed E-state index contributed by atoms with van der Waals surface area (Å²) in [6.07, 6.45) is -6.70. The molecule has 0 radical (unpaired) electrons. The topological polar surface area (TPSA) is 213 Å². The molecule has 0 spiro atoms. The molecule has 0 saturated carbocycles. The molecule has 2 aromatic carbocycles. The monoisotopic (exact) mass is 564 g/mol. The first-order valence-corrected chi connectivity index (χ1v) is 12.2. The summed E-state index contributed by atoms with van der Waals surface area (Å²) in [6, 6.07) is 7.57. The molecular formula is C27H32O13. The van der Waals surface area contributed by atoms with Gasteiger partial charge in [-0.15, -0.1) is 0 Å². The van der Waals surface area contributed by atoms with Crippen molar-refractivity contribution in [3.05, 3.63) is 59.2 Å². The molecule has 0 aliphatic carbocycles. The highest BCUT2D eigenvalue weighted by atomic mass is 16.7. The van der Waals surface area contributed by atoms with E-state index in [0.717, 1.165) is 0 Å². The number of hydrogen-bond acceptors (Lipinski definition) is 13. The van der Waals surface area contributed by atoms with Gasteiger partial charge in [0.15, 0.2) is 35.4 Å². The molecule has 0 amide bonds. The first-order valence-electron chi connectivity index (χ1n) is 12.2. The van der Waals surface area contributed by atoms with Crippen LogP contribution in [0, 0.1) is 0 Å². The number of carbonyl (C=O) groups excluding carboxylic acids is 2. The van der Waals surface area contributed by atoms with Gasteiger partial charge >= 0.3 is 11.9 Å². The standard InChI is InChI=1S/C27H32O13/c1-14(6-7-28)12-38-27-26(40-23(34)11-16-3-5-18(30)20(32)9-16)25(36)24(35)21(39-27)13-37-22(33)10-15-2-4-17(29)19(31)8-15/h2-6,8-9,21,24-32,35-36H,7,10-13H2,1H3/t21-,24-,25+,26-,27-/m1/s1. The van der Waals surface area contributed by atoms with Gasteiger partial charge in [0.2, 0.25) is 0 Å². The fourth-order valence-corrected chi connectivity index (χ4v) is 3.84. The minimum Gasteiger partial charge on any atom is -0.504 e. The van der Waals surface area contributed by atoms with Crippen LogP contribution in [0.1, 0.15) is 18.1 Å². The lowest BCUT2D eigenvalue weighted by Gasteiger charge is -2.41. The molecule has 2 aromatic rings. The number of phenols is 4. The molecule has 218 valence electrons. The van der Waals surface area contributed by atoms with E-state index in [2.05, 4.69) is 0 Å². The van der Waals surface area contributed by atoms with Crippen molar-refractivity contribution in [1.29, 1.82) is 0 Å². The summed E-state index contributed by atoms with van der Waals surface area (Å²) >= 11 is 0. The van der Waals surface area contributed by atoms with Gasteiger partial charge in [0.1, 0.15) is 24.9 Å². The summed E-state index contributed by atoms with van der Waals surface area (Å²) in [4.78, 5) is 24.9. The average molecular weight is 565 g/mol. The second-order valence-electron chi connectivity index (χ2n) is 9.21. The highest BCUT2D eigenvalue weighted by molar-refractivity contribution is 5.73. The van der Waals surface area contributed by atoms with E-state index in [-0.39, 0.29) is 37.6 Å². The normalized spacial score (nSPS) is 23.0. The molecular weight excluding hydrogens is 532 g/mol. The Morgan fingerprint density at radius 2 is 1.45 bits per heavy atom. The predicted molar refractivity (Wildman–Crippen MR) is 135 cm³/mol. The zero-order valence-corrected chi connectivity index (χ0v) is 21.5. The SMILES string of the molecule is CC(=CCO)CO[C@@H]1O[C@H](COC(=O)Cc2ccc(O)c(O)c2)[C@@H](O)[C@H](O)[C@H]1OC(=O)Cc1ccc(O)c(O)c1. The first kappa shape index (κ1) is 30.7. The smallest absolute Gasteiger partial charge is 0.310 e. The maximum Gasteiger partial charge on any atom is 0.310 e. The molecule has 1 aliphatic heterocycles. The third-order valence-electron chi connectivity index (χ3n) is 6.01.